The predicted molar refractivity (Wildman–Crippen MR) is 199 cm³/mol. The molecule has 0 unspecified atom stereocenters. The van der Waals surface area contributed by atoms with Crippen LogP contribution in [0.1, 0.15) is 194 Å². The lowest BCUT2D eigenvalue weighted by Gasteiger charge is -2.05. The molecule has 1 heterocycles. The van der Waals surface area contributed by atoms with Crippen LogP contribution in [0, 0.1) is 0 Å². The van der Waals surface area contributed by atoms with Crippen molar-refractivity contribution < 1.29 is 23.8 Å². The van der Waals surface area contributed by atoms with Crippen molar-refractivity contribution in [2.75, 3.05) is 13.2 Å². The minimum atomic E-state index is -0.0827. The maximum absolute atomic E-state index is 12.0. The van der Waals surface area contributed by atoms with Crippen molar-refractivity contribution in [1.29, 1.82) is 0 Å². The highest BCUT2D eigenvalue weighted by atomic mass is 16.6. The molecule has 5 nitrogen and oxygen atoms in total. The molecule has 0 N–H and O–H groups in total. The highest BCUT2D eigenvalue weighted by molar-refractivity contribution is 5.69. The number of hydrogen-bond acceptors (Lipinski definition) is 5. The Morgan fingerprint density at radius 1 is 0.468 bits per heavy atom. The largest absolute Gasteiger partial charge is 0.466 e. The van der Waals surface area contributed by atoms with Gasteiger partial charge in [0.1, 0.15) is 0 Å². The number of esters is 2. The molecule has 0 aliphatic carbocycles. The molecule has 0 amide bonds. The lowest BCUT2D eigenvalue weighted by Crippen LogP contribution is -2.05. The standard InChI is InChI=1S/C42H74O5/c1-3-5-7-9-11-13-15-17-19-21-24-28-35-41(43)45-37-31-26-22-23-27-33-39-40(47-39)34-30-32-38-46-42(44)36-29-25-20-18-16-14-12-10-8-6-4-2/h5,7,10,12,20,25,39-40H,3-4,6,8-9,11,13-19,21-24,26-38H2,1-2H3/b7-5-,12-10-,25-20-/t39-,40-/m1/s1. The zero-order valence-corrected chi connectivity index (χ0v) is 30.9. The Bertz CT molecular complexity index is 801. The molecular formula is C42H74O5. The average molecular weight is 659 g/mol. The van der Waals surface area contributed by atoms with Crippen LogP contribution in [0.5, 0.6) is 0 Å². The Kier molecular flexibility index (Phi) is 31.2. The van der Waals surface area contributed by atoms with Crippen LogP contribution in [-0.4, -0.2) is 37.4 Å². The van der Waals surface area contributed by atoms with Crippen LogP contribution >= 0.6 is 0 Å². The molecule has 0 spiro atoms. The van der Waals surface area contributed by atoms with E-state index < -0.39 is 0 Å². The van der Waals surface area contributed by atoms with Gasteiger partial charge in [0.2, 0.25) is 0 Å². The molecule has 1 aliphatic rings. The molecule has 2 atom stereocenters. The van der Waals surface area contributed by atoms with Gasteiger partial charge in [-0.05, 0) is 89.9 Å². The van der Waals surface area contributed by atoms with Gasteiger partial charge < -0.3 is 14.2 Å². The van der Waals surface area contributed by atoms with Crippen molar-refractivity contribution in [2.24, 2.45) is 0 Å². The van der Waals surface area contributed by atoms with Gasteiger partial charge in [0.05, 0.1) is 25.4 Å². The zero-order chi connectivity index (χ0) is 33.9. The first-order chi connectivity index (χ1) is 23.2. The molecule has 1 fully saturated rings. The summed E-state index contributed by atoms with van der Waals surface area (Å²) in [5, 5.41) is 0. The fraction of sp³-hybridized carbons (Fsp3) is 0.810. The van der Waals surface area contributed by atoms with Gasteiger partial charge in [-0.1, -0.05) is 127 Å². The Morgan fingerprint density at radius 3 is 1.55 bits per heavy atom. The molecule has 1 aliphatic heterocycles. The zero-order valence-electron chi connectivity index (χ0n) is 30.9. The van der Waals surface area contributed by atoms with Crippen LogP contribution in [0.3, 0.4) is 0 Å². The third-order valence-corrected chi connectivity index (χ3v) is 8.95. The van der Waals surface area contributed by atoms with Crippen LogP contribution in [0.4, 0.5) is 0 Å². The molecule has 0 bridgehead atoms. The topological polar surface area (TPSA) is 65.1 Å². The normalized spacial score (nSPS) is 16.1. The van der Waals surface area contributed by atoms with E-state index in [2.05, 4.69) is 50.3 Å². The number of rotatable bonds is 35. The van der Waals surface area contributed by atoms with E-state index in [9.17, 15) is 9.59 Å². The van der Waals surface area contributed by atoms with Gasteiger partial charge in [0.25, 0.3) is 0 Å². The number of hydrogen-bond donors (Lipinski definition) is 0. The summed E-state index contributed by atoms with van der Waals surface area (Å²) in [4.78, 5) is 23.9. The SMILES string of the molecule is CC/C=C\CCCCCCCCCCC(=O)OCCCCCCC[C@H]1O[C@@H]1CCCCOC(=O)CC/C=C\CCC/C=C\CCCC. The smallest absolute Gasteiger partial charge is 0.306 e. The number of carbonyl (C=O) groups is 2. The molecule has 272 valence electrons. The second kappa shape index (κ2) is 34.0. The van der Waals surface area contributed by atoms with Gasteiger partial charge in [-0.25, -0.2) is 0 Å². The van der Waals surface area contributed by atoms with Gasteiger partial charge in [0.15, 0.2) is 0 Å². The van der Waals surface area contributed by atoms with Gasteiger partial charge in [-0.3, -0.25) is 9.59 Å². The monoisotopic (exact) mass is 659 g/mol. The van der Waals surface area contributed by atoms with Gasteiger partial charge in [-0.2, -0.15) is 0 Å². The first-order valence-electron chi connectivity index (χ1n) is 20.1. The Morgan fingerprint density at radius 2 is 0.915 bits per heavy atom. The fourth-order valence-corrected chi connectivity index (χ4v) is 5.85. The van der Waals surface area contributed by atoms with Crippen molar-refractivity contribution in [3.8, 4) is 0 Å². The Balaban J connectivity index is 1.78. The summed E-state index contributed by atoms with van der Waals surface area (Å²) in [6.45, 7) is 5.51. The minimum absolute atomic E-state index is 0.0180. The number of ether oxygens (including phenoxy) is 3. The summed E-state index contributed by atoms with van der Waals surface area (Å²) in [5.41, 5.74) is 0. The molecular weight excluding hydrogens is 584 g/mol. The average Bonchev–Trinajstić information content (AvgIpc) is 3.82. The summed E-state index contributed by atoms with van der Waals surface area (Å²) < 4.78 is 16.7. The lowest BCUT2D eigenvalue weighted by molar-refractivity contribution is -0.144. The predicted octanol–water partition coefficient (Wildman–Crippen LogP) is 12.5. The maximum Gasteiger partial charge on any atom is 0.306 e. The van der Waals surface area contributed by atoms with Crippen LogP contribution in [0.15, 0.2) is 36.5 Å². The highest BCUT2D eigenvalue weighted by Gasteiger charge is 2.36. The molecule has 0 saturated carbocycles. The quantitative estimate of drug-likeness (QED) is 0.0293. The van der Waals surface area contributed by atoms with Gasteiger partial charge in [-0.15, -0.1) is 0 Å². The summed E-state index contributed by atoms with van der Waals surface area (Å²) in [6.07, 6.45) is 45.5. The number of epoxide rings is 1. The number of allylic oxidation sites excluding steroid dienone is 6. The summed E-state index contributed by atoms with van der Waals surface area (Å²) in [6, 6.07) is 0. The lowest BCUT2D eigenvalue weighted by atomic mass is 10.1. The second-order valence-corrected chi connectivity index (χ2v) is 13.5. The number of unbranched alkanes of at least 4 members (excludes halogenated alkanes) is 17. The Hall–Kier alpha value is -1.88. The molecule has 0 aromatic carbocycles. The van der Waals surface area contributed by atoms with E-state index in [-0.39, 0.29) is 11.9 Å². The van der Waals surface area contributed by atoms with Crippen LogP contribution in [-0.2, 0) is 23.8 Å². The highest BCUT2D eigenvalue weighted by Crippen LogP contribution is 2.31. The number of carbonyl (C=O) groups excluding carboxylic acids is 2. The first kappa shape index (κ1) is 43.1. The van der Waals surface area contributed by atoms with E-state index in [1.807, 2.05) is 0 Å². The van der Waals surface area contributed by atoms with Crippen molar-refractivity contribution in [3.05, 3.63) is 36.5 Å². The third-order valence-electron chi connectivity index (χ3n) is 8.95. The van der Waals surface area contributed by atoms with E-state index in [4.69, 9.17) is 14.2 Å². The molecule has 5 heteroatoms. The summed E-state index contributed by atoms with van der Waals surface area (Å²) >= 11 is 0. The second-order valence-electron chi connectivity index (χ2n) is 13.5. The van der Waals surface area contributed by atoms with Crippen molar-refractivity contribution in [2.45, 2.75) is 206 Å². The van der Waals surface area contributed by atoms with Gasteiger partial charge in [0, 0.05) is 12.8 Å². The van der Waals surface area contributed by atoms with Crippen LogP contribution in [0.2, 0.25) is 0 Å². The molecule has 0 aromatic heterocycles. The van der Waals surface area contributed by atoms with Crippen LogP contribution in [0.25, 0.3) is 0 Å². The van der Waals surface area contributed by atoms with Crippen molar-refractivity contribution >= 4 is 11.9 Å². The first-order valence-corrected chi connectivity index (χ1v) is 20.1. The van der Waals surface area contributed by atoms with E-state index >= 15 is 0 Å². The van der Waals surface area contributed by atoms with E-state index in [0.717, 1.165) is 77.0 Å². The fourth-order valence-electron chi connectivity index (χ4n) is 5.85. The van der Waals surface area contributed by atoms with Gasteiger partial charge >= 0.3 is 11.9 Å². The van der Waals surface area contributed by atoms with E-state index in [0.29, 0.717) is 38.3 Å². The minimum Gasteiger partial charge on any atom is -0.466 e. The Labute approximate surface area is 290 Å². The summed E-state index contributed by atoms with van der Waals surface area (Å²) in [5.74, 6) is -0.101. The third kappa shape index (κ3) is 31.2. The molecule has 0 aromatic rings. The molecule has 0 radical (unpaired) electrons. The van der Waals surface area contributed by atoms with Crippen LogP contribution < -0.4 is 0 Å². The molecule has 47 heavy (non-hydrogen) atoms. The van der Waals surface area contributed by atoms with Crippen molar-refractivity contribution in [1.82, 2.24) is 0 Å². The van der Waals surface area contributed by atoms with E-state index in [1.54, 1.807) is 0 Å². The van der Waals surface area contributed by atoms with Crippen molar-refractivity contribution in [3.63, 3.8) is 0 Å². The summed E-state index contributed by atoms with van der Waals surface area (Å²) in [7, 11) is 0. The molecule has 1 saturated heterocycles. The molecule has 1 rings (SSSR count). The maximum atomic E-state index is 12.0. The van der Waals surface area contributed by atoms with E-state index in [1.165, 1.54) is 89.9 Å².